The lowest BCUT2D eigenvalue weighted by Gasteiger charge is -2.39. The third kappa shape index (κ3) is 3.10. The largest absolute Gasteiger partial charge is 0.382 e. The van der Waals surface area contributed by atoms with E-state index >= 15 is 0 Å². The number of piperidine rings is 1. The van der Waals surface area contributed by atoms with Crippen LogP contribution in [-0.4, -0.2) is 50.4 Å². The molecule has 0 atom stereocenters. The average Bonchev–Trinajstić information content (AvgIpc) is 3.64. The second-order valence-electron chi connectivity index (χ2n) is 9.71. The number of imidazole rings is 2. The van der Waals surface area contributed by atoms with Crippen LogP contribution in [0.2, 0.25) is 5.02 Å². The number of nitrogens with zero attached hydrogens (tertiary/aromatic N) is 6. The Morgan fingerprint density at radius 1 is 1.14 bits per heavy atom. The van der Waals surface area contributed by atoms with Gasteiger partial charge >= 0.3 is 0 Å². The summed E-state index contributed by atoms with van der Waals surface area (Å²) in [5, 5.41) is 3.68. The van der Waals surface area contributed by atoms with E-state index in [0.29, 0.717) is 15.8 Å². The Labute approximate surface area is 215 Å². The van der Waals surface area contributed by atoms with E-state index < -0.39 is 0 Å². The first-order chi connectivity index (χ1) is 17.5. The Hall–Kier alpha value is -3.50. The zero-order chi connectivity index (χ0) is 24.6. The quantitative estimate of drug-likeness (QED) is 0.373. The van der Waals surface area contributed by atoms with E-state index in [9.17, 15) is 4.79 Å². The molecule has 9 nitrogen and oxygen atoms in total. The summed E-state index contributed by atoms with van der Waals surface area (Å²) >= 11 is 8.02. The Kier molecular flexibility index (Phi) is 4.68. The standard InChI is InChI=1S/C25H23ClN8OS/c1-28-23(35)24-31-15-10-25(11-17(15)36-24)5-8-33(9-6-25)22-16-12-30-21-14(2-3-18(32-22)34(16)21)13-4-7-29-20(27)19(13)26/h2-4,7,12H,5-6,8-11H2,1H3,(H2,27,29)(H,28,35). The van der Waals surface area contributed by atoms with Gasteiger partial charge < -0.3 is 16.0 Å². The summed E-state index contributed by atoms with van der Waals surface area (Å²) in [5.74, 6) is 1.18. The van der Waals surface area contributed by atoms with Crippen molar-refractivity contribution in [2.24, 2.45) is 5.41 Å². The molecule has 1 aliphatic carbocycles. The minimum absolute atomic E-state index is 0.0953. The molecule has 0 radical (unpaired) electrons. The molecule has 0 bridgehead atoms. The van der Waals surface area contributed by atoms with Crippen LogP contribution in [0.25, 0.3) is 27.9 Å². The van der Waals surface area contributed by atoms with Gasteiger partial charge in [0, 0.05) is 42.3 Å². The van der Waals surface area contributed by atoms with Crippen molar-refractivity contribution >= 4 is 57.3 Å². The second-order valence-corrected chi connectivity index (χ2v) is 11.2. The molecule has 1 spiro atoms. The SMILES string of the molecule is CNC(=O)c1nc2c(s1)CC1(CCN(c3nc4ccc(-c5ccnc(N)c5Cl)c5ncc3n45)CC1)C2. The molecule has 0 saturated carbocycles. The van der Waals surface area contributed by atoms with Gasteiger partial charge in [0.1, 0.15) is 22.6 Å². The number of nitrogens with two attached hydrogens (primary N) is 1. The molecule has 1 saturated heterocycles. The summed E-state index contributed by atoms with van der Waals surface area (Å²) < 4.78 is 2.10. The monoisotopic (exact) mass is 518 g/mol. The van der Waals surface area contributed by atoms with E-state index in [4.69, 9.17) is 27.3 Å². The number of nitrogens with one attached hydrogen (secondary N) is 1. The Bertz CT molecular complexity index is 1630. The Morgan fingerprint density at radius 2 is 1.97 bits per heavy atom. The van der Waals surface area contributed by atoms with Crippen molar-refractivity contribution in [2.75, 3.05) is 30.8 Å². The number of pyridine rings is 2. The van der Waals surface area contributed by atoms with Crippen LogP contribution in [-0.2, 0) is 12.8 Å². The first-order valence-electron chi connectivity index (χ1n) is 11.9. The third-order valence-electron chi connectivity index (χ3n) is 7.69. The molecule has 1 amide bonds. The normalized spacial score (nSPS) is 16.9. The zero-order valence-electron chi connectivity index (χ0n) is 19.6. The van der Waals surface area contributed by atoms with Gasteiger partial charge in [-0.25, -0.2) is 19.9 Å². The van der Waals surface area contributed by atoms with Gasteiger partial charge in [-0.3, -0.25) is 9.20 Å². The average molecular weight is 519 g/mol. The van der Waals surface area contributed by atoms with Crippen molar-refractivity contribution in [3.05, 3.63) is 51.2 Å². The van der Waals surface area contributed by atoms with Crippen LogP contribution in [0.4, 0.5) is 11.6 Å². The van der Waals surface area contributed by atoms with Crippen molar-refractivity contribution in [1.29, 1.82) is 0 Å². The van der Waals surface area contributed by atoms with Crippen molar-refractivity contribution in [2.45, 2.75) is 25.7 Å². The first-order valence-corrected chi connectivity index (χ1v) is 13.1. The topological polar surface area (TPSA) is 114 Å². The number of carbonyl (C=O) groups excluding carboxylic acids is 1. The van der Waals surface area contributed by atoms with Crippen molar-refractivity contribution in [3.63, 3.8) is 0 Å². The molecule has 3 N–H and O–H groups in total. The van der Waals surface area contributed by atoms with Gasteiger partial charge in [0.15, 0.2) is 10.8 Å². The molecule has 5 aromatic heterocycles. The molecule has 0 aromatic carbocycles. The number of hydrogen-bond acceptors (Lipinski definition) is 8. The summed E-state index contributed by atoms with van der Waals surface area (Å²) in [7, 11) is 1.65. The Balaban J connectivity index is 1.16. The molecule has 5 aromatic rings. The van der Waals surface area contributed by atoms with Crippen LogP contribution in [0, 0.1) is 5.41 Å². The minimum Gasteiger partial charge on any atom is -0.382 e. The molecule has 182 valence electrons. The highest BCUT2D eigenvalue weighted by atomic mass is 35.5. The third-order valence-corrected chi connectivity index (χ3v) is 9.18. The summed E-state index contributed by atoms with van der Waals surface area (Å²) in [6, 6.07) is 5.86. The van der Waals surface area contributed by atoms with Crippen LogP contribution in [0.1, 0.15) is 33.2 Å². The van der Waals surface area contributed by atoms with Gasteiger partial charge in [0.05, 0.1) is 16.9 Å². The number of thiazole rings is 1. The number of nitrogen functional groups attached to an aromatic ring is 1. The predicted molar refractivity (Wildman–Crippen MR) is 141 cm³/mol. The maximum atomic E-state index is 12.0. The number of amides is 1. The summed E-state index contributed by atoms with van der Waals surface area (Å²) in [6.07, 6.45) is 7.65. The number of carbonyl (C=O) groups is 1. The van der Waals surface area contributed by atoms with Crippen LogP contribution in [0.5, 0.6) is 0 Å². The second kappa shape index (κ2) is 7.75. The van der Waals surface area contributed by atoms with Crippen molar-refractivity contribution in [1.82, 2.24) is 29.7 Å². The van der Waals surface area contributed by atoms with E-state index in [0.717, 1.165) is 78.2 Å². The number of fused-ring (bicyclic) bond motifs is 1. The van der Waals surface area contributed by atoms with Gasteiger partial charge in [0.25, 0.3) is 5.91 Å². The molecular formula is C25H23ClN8OS. The zero-order valence-corrected chi connectivity index (χ0v) is 21.2. The molecule has 2 aliphatic rings. The highest BCUT2D eigenvalue weighted by Gasteiger charge is 2.42. The lowest BCUT2D eigenvalue weighted by molar-refractivity contribution is 0.0962. The molecule has 36 heavy (non-hydrogen) atoms. The number of rotatable bonds is 3. The fourth-order valence-electron chi connectivity index (χ4n) is 5.77. The maximum Gasteiger partial charge on any atom is 0.280 e. The maximum absolute atomic E-state index is 12.0. The predicted octanol–water partition coefficient (Wildman–Crippen LogP) is 3.82. The molecule has 11 heteroatoms. The van der Waals surface area contributed by atoms with Crippen LogP contribution < -0.4 is 16.0 Å². The highest BCUT2D eigenvalue weighted by molar-refractivity contribution is 7.13. The van der Waals surface area contributed by atoms with Crippen molar-refractivity contribution < 1.29 is 4.79 Å². The van der Waals surface area contributed by atoms with Gasteiger partial charge in [0.2, 0.25) is 0 Å². The fourth-order valence-corrected chi connectivity index (χ4v) is 7.18. The van der Waals surface area contributed by atoms with E-state index in [2.05, 4.69) is 24.6 Å². The van der Waals surface area contributed by atoms with Crippen LogP contribution >= 0.6 is 22.9 Å². The fraction of sp³-hybridized carbons (Fsp3) is 0.320. The molecule has 6 heterocycles. The summed E-state index contributed by atoms with van der Waals surface area (Å²) in [4.78, 5) is 34.0. The number of anilines is 2. The van der Waals surface area contributed by atoms with E-state index in [1.165, 1.54) is 4.88 Å². The minimum atomic E-state index is -0.0953. The molecule has 7 rings (SSSR count). The highest BCUT2D eigenvalue weighted by Crippen LogP contribution is 2.47. The van der Waals surface area contributed by atoms with Gasteiger partial charge in [-0.1, -0.05) is 11.6 Å². The van der Waals surface area contributed by atoms with Gasteiger partial charge in [-0.15, -0.1) is 11.3 Å². The lowest BCUT2D eigenvalue weighted by Crippen LogP contribution is -2.41. The van der Waals surface area contributed by atoms with Gasteiger partial charge in [-0.2, -0.15) is 0 Å². The van der Waals surface area contributed by atoms with E-state index in [1.54, 1.807) is 24.6 Å². The number of aromatic nitrogens is 5. The van der Waals surface area contributed by atoms with Gasteiger partial charge in [-0.05, 0) is 49.3 Å². The van der Waals surface area contributed by atoms with E-state index in [-0.39, 0.29) is 11.3 Å². The molecular weight excluding hydrogens is 496 g/mol. The number of hydrogen-bond donors (Lipinski definition) is 2. The van der Waals surface area contributed by atoms with Crippen LogP contribution in [0.3, 0.4) is 0 Å². The lowest BCUT2D eigenvalue weighted by atomic mass is 9.76. The molecule has 0 unspecified atom stereocenters. The van der Waals surface area contributed by atoms with E-state index in [1.807, 2.05) is 24.4 Å². The smallest absolute Gasteiger partial charge is 0.280 e. The molecule has 1 fully saturated rings. The first kappa shape index (κ1) is 21.8. The summed E-state index contributed by atoms with van der Waals surface area (Å²) in [5.41, 5.74) is 11.7. The van der Waals surface area contributed by atoms with Crippen molar-refractivity contribution in [3.8, 4) is 11.1 Å². The number of halogens is 1. The van der Waals surface area contributed by atoms with Crippen LogP contribution in [0.15, 0.2) is 30.6 Å². The molecule has 1 aliphatic heterocycles. The summed E-state index contributed by atoms with van der Waals surface area (Å²) in [6.45, 7) is 1.85. The Morgan fingerprint density at radius 3 is 2.75 bits per heavy atom.